The lowest BCUT2D eigenvalue weighted by atomic mass is 10.2. The van der Waals surface area contributed by atoms with Gasteiger partial charge in [-0.05, 0) is 24.3 Å². The van der Waals surface area contributed by atoms with Gasteiger partial charge in [0.2, 0.25) is 0 Å². The van der Waals surface area contributed by atoms with Crippen LogP contribution in [0.2, 0.25) is 0 Å². The normalized spacial score (nSPS) is 9.47. The van der Waals surface area contributed by atoms with Crippen LogP contribution in [0.25, 0.3) is 0 Å². The number of nitrogen functional groups attached to an aromatic ring is 1. The molecule has 1 rings (SSSR count). The predicted octanol–water partition coefficient (Wildman–Crippen LogP) is 1.06. The number of hydrogen-bond acceptors (Lipinski definition) is 2. The number of carbonyl (C=O) groups is 1. The van der Waals surface area contributed by atoms with Gasteiger partial charge in [0.25, 0.3) is 0 Å². The molecule has 0 atom stereocenters. The summed E-state index contributed by atoms with van der Waals surface area (Å²) in [5.74, 6) is 0.0143. The maximum atomic E-state index is 11.3. The topological polar surface area (TPSA) is 82.2 Å². The SMILES string of the molecule is CN(C)C(=O)Nc1ccc(C(=N)N)cc1. The van der Waals surface area contributed by atoms with Crippen LogP contribution in [-0.4, -0.2) is 30.9 Å². The molecule has 2 amide bonds. The zero-order valence-electron chi connectivity index (χ0n) is 8.74. The number of urea groups is 1. The molecule has 15 heavy (non-hydrogen) atoms. The minimum atomic E-state index is -0.189. The van der Waals surface area contributed by atoms with Crippen LogP contribution >= 0.6 is 0 Å². The van der Waals surface area contributed by atoms with Gasteiger partial charge in [-0.25, -0.2) is 4.79 Å². The minimum absolute atomic E-state index is 0.0143. The van der Waals surface area contributed by atoms with Crippen LogP contribution < -0.4 is 11.1 Å². The van der Waals surface area contributed by atoms with Crippen LogP contribution in [0.4, 0.5) is 10.5 Å². The number of rotatable bonds is 2. The fraction of sp³-hybridized carbons (Fsp3) is 0.200. The Hall–Kier alpha value is -2.04. The van der Waals surface area contributed by atoms with E-state index in [4.69, 9.17) is 11.1 Å². The van der Waals surface area contributed by atoms with E-state index in [9.17, 15) is 4.79 Å². The summed E-state index contributed by atoms with van der Waals surface area (Å²) in [4.78, 5) is 12.7. The summed E-state index contributed by atoms with van der Waals surface area (Å²) in [6, 6.07) is 6.60. The van der Waals surface area contributed by atoms with E-state index in [0.717, 1.165) is 0 Å². The Labute approximate surface area is 88.4 Å². The van der Waals surface area contributed by atoms with E-state index < -0.39 is 0 Å². The second-order valence-electron chi connectivity index (χ2n) is 3.32. The molecule has 0 unspecified atom stereocenters. The van der Waals surface area contributed by atoms with Crippen molar-refractivity contribution < 1.29 is 4.79 Å². The van der Waals surface area contributed by atoms with Gasteiger partial charge in [-0.1, -0.05) is 0 Å². The summed E-state index contributed by atoms with van der Waals surface area (Å²) in [5.41, 5.74) is 6.62. The Morgan fingerprint density at radius 3 is 2.27 bits per heavy atom. The molecule has 5 nitrogen and oxygen atoms in total. The first-order valence-corrected chi connectivity index (χ1v) is 4.43. The molecule has 0 heterocycles. The van der Waals surface area contributed by atoms with Crippen molar-refractivity contribution in [2.45, 2.75) is 0 Å². The van der Waals surface area contributed by atoms with Crippen LogP contribution in [-0.2, 0) is 0 Å². The predicted molar refractivity (Wildman–Crippen MR) is 60.2 cm³/mol. The van der Waals surface area contributed by atoms with Gasteiger partial charge in [-0.3, -0.25) is 5.41 Å². The van der Waals surface area contributed by atoms with Gasteiger partial charge >= 0.3 is 6.03 Å². The molecule has 1 aromatic carbocycles. The summed E-state index contributed by atoms with van der Waals surface area (Å²) >= 11 is 0. The molecule has 0 aliphatic heterocycles. The van der Waals surface area contributed by atoms with Gasteiger partial charge in [0.1, 0.15) is 5.84 Å². The molecule has 80 valence electrons. The van der Waals surface area contributed by atoms with E-state index >= 15 is 0 Å². The highest BCUT2D eigenvalue weighted by atomic mass is 16.2. The smallest absolute Gasteiger partial charge is 0.321 e. The first-order valence-electron chi connectivity index (χ1n) is 4.43. The lowest BCUT2D eigenvalue weighted by Crippen LogP contribution is -2.27. The Kier molecular flexibility index (Phi) is 3.28. The highest BCUT2D eigenvalue weighted by Gasteiger charge is 2.03. The highest BCUT2D eigenvalue weighted by Crippen LogP contribution is 2.09. The summed E-state index contributed by atoms with van der Waals surface area (Å²) in [7, 11) is 3.33. The van der Waals surface area contributed by atoms with Crippen LogP contribution in [0.5, 0.6) is 0 Å². The van der Waals surface area contributed by atoms with Crippen LogP contribution in [0, 0.1) is 5.41 Å². The number of amidine groups is 1. The second-order valence-corrected chi connectivity index (χ2v) is 3.32. The first kappa shape index (κ1) is 11.0. The Morgan fingerprint density at radius 2 is 1.87 bits per heavy atom. The number of nitrogens with two attached hydrogens (primary N) is 1. The van der Waals surface area contributed by atoms with Crippen molar-refractivity contribution in [3.63, 3.8) is 0 Å². The summed E-state index contributed by atoms with van der Waals surface area (Å²) in [6.45, 7) is 0. The van der Waals surface area contributed by atoms with Crippen LogP contribution in [0.15, 0.2) is 24.3 Å². The molecule has 4 N–H and O–H groups in total. The minimum Gasteiger partial charge on any atom is -0.384 e. The molecule has 0 bridgehead atoms. The first-order chi connectivity index (χ1) is 7.00. The molecule has 0 aliphatic rings. The Bertz CT molecular complexity index is 370. The zero-order valence-corrected chi connectivity index (χ0v) is 8.74. The fourth-order valence-electron chi connectivity index (χ4n) is 0.968. The standard InChI is InChI=1S/C10H14N4O/c1-14(2)10(15)13-8-5-3-7(4-6-8)9(11)12/h3-6H,1-2H3,(H3,11,12)(H,13,15). The summed E-state index contributed by atoms with van der Waals surface area (Å²) in [5, 5.41) is 9.88. The molecular weight excluding hydrogens is 192 g/mol. The molecule has 0 radical (unpaired) electrons. The zero-order chi connectivity index (χ0) is 11.4. The third-order valence-corrected chi connectivity index (χ3v) is 1.85. The molecular formula is C10H14N4O. The third kappa shape index (κ3) is 2.98. The summed E-state index contributed by atoms with van der Waals surface area (Å²) in [6.07, 6.45) is 0. The van der Waals surface area contributed by atoms with Crippen molar-refractivity contribution in [3.05, 3.63) is 29.8 Å². The van der Waals surface area contributed by atoms with Crippen molar-refractivity contribution in [1.82, 2.24) is 4.90 Å². The average molecular weight is 206 g/mol. The highest BCUT2D eigenvalue weighted by molar-refractivity contribution is 5.96. The lowest BCUT2D eigenvalue weighted by molar-refractivity contribution is 0.230. The van der Waals surface area contributed by atoms with E-state index in [1.807, 2.05) is 0 Å². The van der Waals surface area contributed by atoms with E-state index in [1.54, 1.807) is 38.4 Å². The van der Waals surface area contributed by atoms with Crippen LogP contribution in [0.1, 0.15) is 5.56 Å². The third-order valence-electron chi connectivity index (χ3n) is 1.85. The Balaban J connectivity index is 2.73. The average Bonchev–Trinajstić information content (AvgIpc) is 2.18. The molecule has 5 heteroatoms. The van der Waals surface area contributed by atoms with Gasteiger partial charge in [-0.15, -0.1) is 0 Å². The van der Waals surface area contributed by atoms with Gasteiger partial charge in [0.05, 0.1) is 0 Å². The van der Waals surface area contributed by atoms with Gasteiger partial charge in [0.15, 0.2) is 0 Å². The van der Waals surface area contributed by atoms with E-state index in [-0.39, 0.29) is 11.9 Å². The molecule has 0 saturated carbocycles. The number of carbonyl (C=O) groups excluding carboxylic acids is 1. The van der Waals surface area contributed by atoms with Crippen LogP contribution in [0.3, 0.4) is 0 Å². The largest absolute Gasteiger partial charge is 0.384 e. The number of benzene rings is 1. The number of amides is 2. The maximum absolute atomic E-state index is 11.3. The van der Waals surface area contributed by atoms with Crippen molar-refractivity contribution in [1.29, 1.82) is 5.41 Å². The van der Waals surface area contributed by atoms with Gasteiger partial charge in [-0.2, -0.15) is 0 Å². The maximum Gasteiger partial charge on any atom is 0.321 e. The van der Waals surface area contributed by atoms with E-state index in [1.165, 1.54) is 4.90 Å². The number of anilines is 1. The summed E-state index contributed by atoms with van der Waals surface area (Å²) < 4.78 is 0. The molecule has 0 aromatic heterocycles. The van der Waals surface area contributed by atoms with Gasteiger partial charge in [0, 0.05) is 25.3 Å². The monoisotopic (exact) mass is 206 g/mol. The van der Waals surface area contributed by atoms with Gasteiger partial charge < -0.3 is 16.0 Å². The fourth-order valence-corrected chi connectivity index (χ4v) is 0.968. The molecule has 0 aliphatic carbocycles. The van der Waals surface area contributed by atoms with Crippen molar-refractivity contribution in [3.8, 4) is 0 Å². The molecule has 0 spiro atoms. The van der Waals surface area contributed by atoms with Crippen molar-refractivity contribution in [2.24, 2.45) is 5.73 Å². The molecule has 0 fully saturated rings. The molecule has 1 aromatic rings. The Morgan fingerprint density at radius 1 is 1.33 bits per heavy atom. The van der Waals surface area contributed by atoms with Crippen molar-refractivity contribution >= 4 is 17.6 Å². The molecule has 0 saturated heterocycles. The van der Waals surface area contributed by atoms with E-state index in [2.05, 4.69) is 5.32 Å². The quantitative estimate of drug-likeness (QED) is 0.499. The second kappa shape index (κ2) is 4.45. The number of nitrogens with one attached hydrogen (secondary N) is 2. The number of hydrogen-bond donors (Lipinski definition) is 3. The lowest BCUT2D eigenvalue weighted by Gasteiger charge is -2.11. The number of nitrogens with zero attached hydrogens (tertiary/aromatic N) is 1. The van der Waals surface area contributed by atoms with Crippen molar-refractivity contribution in [2.75, 3.05) is 19.4 Å². The van der Waals surface area contributed by atoms with E-state index in [0.29, 0.717) is 11.3 Å².